The van der Waals surface area contributed by atoms with Crippen molar-refractivity contribution in [1.29, 1.82) is 0 Å². The predicted molar refractivity (Wildman–Crippen MR) is 232 cm³/mol. The number of nitrogens with zero attached hydrogens (tertiary/aromatic N) is 2. The van der Waals surface area contributed by atoms with E-state index in [9.17, 15) is 0 Å². The molecule has 0 atom stereocenters. The molecule has 0 spiro atoms. The number of hydrogen-bond donors (Lipinski definition) is 6. The number of fused-ring (bicyclic) bond motifs is 8. The molecule has 7 aromatic rings. The van der Waals surface area contributed by atoms with Crippen LogP contribution in [0.15, 0.2) is 146 Å². The van der Waals surface area contributed by atoms with Gasteiger partial charge in [-0.3, -0.25) is 0 Å². The summed E-state index contributed by atoms with van der Waals surface area (Å²) in [5.74, 6) is 0. The molecule has 0 aliphatic carbocycles. The van der Waals surface area contributed by atoms with Gasteiger partial charge in [-0.15, -0.1) is 22.3 Å². The van der Waals surface area contributed by atoms with Crippen LogP contribution in [0.25, 0.3) is 46.4 Å². The molecule has 5 heterocycles. The van der Waals surface area contributed by atoms with Crippen LogP contribution in [0.2, 0.25) is 0 Å². The maximum atomic E-state index is 5.34. The summed E-state index contributed by atoms with van der Waals surface area (Å²) in [7, 11) is 0. The van der Waals surface area contributed by atoms with Gasteiger partial charge in [-0.2, -0.15) is 121 Å². The van der Waals surface area contributed by atoms with Crippen molar-refractivity contribution in [1.82, 2.24) is 19.9 Å². The zero-order valence-electron chi connectivity index (χ0n) is 31.5. The molecule has 3 aromatic heterocycles. The normalized spacial score (nSPS) is 10.5. The molecular formula is C48H46CoN8-4. The molecule has 0 fully saturated rings. The van der Waals surface area contributed by atoms with Crippen molar-refractivity contribution in [2.24, 2.45) is 22.9 Å². The van der Waals surface area contributed by atoms with Gasteiger partial charge in [0.05, 0.1) is 22.8 Å². The Bertz CT molecular complexity index is 2160. The molecule has 0 saturated heterocycles. The van der Waals surface area contributed by atoms with E-state index < -0.39 is 0 Å². The first-order valence-corrected chi connectivity index (χ1v) is 18.2. The summed E-state index contributed by atoms with van der Waals surface area (Å²) in [6.07, 6.45) is 8.05. The maximum Gasteiger partial charge on any atom is 0.0659 e. The van der Waals surface area contributed by atoms with Crippen LogP contribution in [-0.4, -0.2) is 19.9 Å². The SMILES string of the molecule is C1=Cc2cc3ccc(cc4ccc(cc5nc(cc1n2)C=C5)[nH]4)[nH]3.NCc1cc[c-]cc1.NCc1cc[c-]cc1.NCc1cc[c-]cc1.NCc1cc[c-]cc1.[Co]. The van der Waals surface area contributed by atoms with Crippen LogP contribution in [0.1, 0.15) is 45.0 Å². The van der Waals surface area contributed by atoms with Crippen molar-refractivity contribution < 1.29 is 16.8 Å². The molecule has 9 rings (SSSR count). The van der Waals surface area contributed by atoms with E-state index in [-0.39, 0.29) is 16.8 Å². The van der Waals surface area contributed by atoms with Gasteiger partial charge in [0, 0.05) is 38.8 Å². The minimum Gasteiger partial charge on any atom is -0.355 e. The maximum absolute atomic E-state index is 5.34. The zero-order chi connectivity index (χ0) is 39.2. The molecule has 0 unspecified atom stereocenters. The van der Waals surface area contributed by atoms with Crippen LogP contribution in [0.4, 0.5) is 0 Å². The topological polar surface area (TPSA) is 161 Å². The van der Waals surface area contributed by atoms with Gasteiger partial charge in [0.2, 0.25) is 0 Å². The van der Waals surface area contributed by atoms with Gasteiger partial charge in [0.1, 0.15) is 0 Å². The van der Waals surface area contributed by atoms with Crippen LogP contribution >= 0.6 is 0 Å². The van der Waals surface area contributed by atoms with Gasteiger partial charge in [0.25, 0.3) is 0 Å². The quantitative estimate of drug-likeness (QED) is 0.0981. The van der Waals surface area contributed by atoms with Gasteiger partial charge in [0.15, 0.2) is 0 Å². The van der Waals surface area contributed by atoms with Crippen molar-refractivity contribution in [3.05, 3.63) is 215 Å². The Kier molecular flexibility index (Phi) is 18.6. The number of benzene rings is 4. The summed E-state index contributed by atoms with van der Waals surface area (Å²) < 4.78 is 0. The fourth-order valence-corrected chi connectivity index (χ4v) is 5.17. The largest absolute Gasteiger partial charge is 0.355 e. The fraction of sp³-hybridized carbons (Fsp3) is 0.0833. The number of nitrogens with two attached hydrogens (primary N) is 4. The molecule has 10 N–H and O–H groups in total. The number of aromatic nitrogens is 4. The summed E-state index contributed by atoms with van der Waals surface area (Å²) >= 11 is 0. The number of aromatic amines is 2. The second-order valence-corrected chi connectivity index (χ2v) is 12.4. The number of nitrogens with one attached hydrogen (secondary N) is 2. The van der Waals surface area contributed by atoms with E-state index in [0.717, 1.165) is 67.1 Å². The summed E-state index contributed by atoms with van der Waals surface area (Å²) in [4.78, 5) is 16.0. The van der Waals surface area contributed by atoms with E-state index in [2.05, 4.69) is 74.5 Å². The minimum atomic E-state index is 0. The standard InChI is InChI=1S/C20H14N4.4C7H8N.Co/c1-2-14-10-16-5-6-18(23-16)12-20-8-7-19(24-20)11-17-4-3-15(22-17)9-13(1)21-14;4*8-6-7-4-2-1-3-5-7;/h1-12,21-22H;4*2-5H,6,8H2;/q;4*-1;. The Morgan fingerprint density at radius 1 is 0.351 bits per heavy atom. The van der Waals surface area contributed by atoms with Crippen LogP contribution in [-0.2, 0) is 43.0 Å². The Hall–Kier alpha value is -6.17. The molecule has 0 amide bonds. The van der Waals surface area contributed by atoms with Crippen LogP contribution in [0.5, 0.6) is 0 Å². The summed E-state index contributed by atoms with van der Waals surface area (Å²) in [6, 6.07) is 58.6. The Labute approximate surface area is 345 Å². The van der Waals surface area contributed by atoms with Crippen molar-refractivity contribution in [2.75, 3.05) is 0 Å². The van der Waals surface area contributed by atoms with Crippen molar-refractivity contribution in [2.45, 2.75) is 26.2 Å². The average molecular weight is 794 g/mol. The van der Waals surface area contributed by atoms with E-state index in [1.54, 1.807) is 0 Å². The first-order valence-electron chi connectivity index (χ1n) is 18.2. The van der Waals surface area contributed by atoms with Crippen molar-refractivity contribution >= 4 is 46.4 Å². The average Bonchev–Trinajstić information content (AvgIpc) is 4.10. The van der Waals surface area contributed by atoms with Gasteiger partial charge >= 0.3 is 0 Å². The molecule has 8 bridgehead atoms. The molecule has 0 saturated carbocycles. The van der Waals surface area contributed by atoms with Crippen LogP contribution < -0.4 is 22.9 Å². The number of rotatable bonds is 4. The third-order valence-corrected chi connectivity index (χ3v) is 8.13. The summed E-state index contributed by atoms with van der Waals surface area (Å²) in [6.45, 7) is 2.48. The minimum absolute atomic E-state index is 0. The summed E-state index contributed by atoms with van der Waals surface area (Å²) in [5, 5.41) is 0. The van der Waals surface area contributed by atoms with E-state index in [0.29, 0.717) is 26.2 Å². The molecular weight excluding hydrogens is 748 g/mol. The first-order chi connectivity index (χ1) is 27.5. The Morgan fingerprint density at radius 3 is 0.842 bits per heavy atom. The van der Waals surface area contributed by atoms with Gasteiger partial charge in [-0.1, -0.05) is 0 Å². The predicted octanol–water partition coefficient (Wildman–Crippen LogP) is 8.44. The van der Waals surface area contributed by atoms with Gasteiger partial charge in [-0.05, 0) is 99.0 Å². The van der Waals surface area contributed by atoms with E-state index in [4.69, 9.17) is 22.9 Å². The second-order valence-electron chi connectivity index (χ2n) is 12.4. The van der Waals surface area contributed by atoms with Crippen LogP contribution in [0, 0.1) is 24.3 Å². The Balaban J connectivity index is 0.000000180. The van der Waals surface area contributed by atoms with Crippen LogP contribution in [0.3, 0.4) is 0 Å². The third-order valence-electron chi connectivity index (χ3n) is 8.13. The molecule has 57 heavy (non-hydrogen) atoms. The molecule has 4 aromatic carbocycles. The molecule has 1 radical (unpaired) electrons. The monoisotopic (exact) mass is 793 g/mol. The molecule has 2 aliphatic heterocycles. The van der Waals surface area contributed by atoms with Gasteiger partial charge in [-0.25, -0.2) is 9.97 Å². The van der Waals surface area contributed by atoms with Gasteiger partial charge < -0.3 is 32.9 Å². The summed E-state index contributed by atoms with van der Waals surface area (Å²) in [5.41, 5.74) is 33.8. The zero-order valence-corrected chi connectivity index (χ0v) is 32.6. The fourth-order valence-electron chi connectivity index (χ4n) is 5.17. The van der Waals surface area contributed by atoms with Crippen molar-refractivity contribution in [3.63, 3.8) is 0 Å². The smallest absolute Gasteiger partial charge is 0.0659 e. The number of hydrogen-bond acceptors (Lipinski definition) is 6. The molecule has 8 nitrogen and oxygen atoms in total. The molecule has 2 aliphatic rings. The van der Waals surface area contributed by atoms with E-state index in [1.807, 2.05) is 140 Å². The Morgan fingerprint density at radius 2 is 0.596 bits per heavy atom. The molecule has 291 valence electrons. The van der Waals surface area contributed by atoms with E-state index >= 15 is 0 Å². The number of H-pyrrole nitrogens is 2. The third kappa shape index (κ3) is 15.5. The van der Waals surface area contributed by atoms with E-state index in [1.165, 1.54) is 0 Å². The second kappa shape index (κ2) is 24.4. The van der Waals surface area contributed by atoms with Crippen molar-refractivity contribution in [3.8, 4) is 0 Å². The molecule has 9 heteroatoms. The first kappa shape index (κ1) is 43.6.